The summed E-state index contributed by atoms with van der Waals surface area (Å²) < 4.78 is 0. The molecule has 2 aromatic carbocycles. The number of rotatable bonds is 8. The molecule has 2 aromatic rings. The van der Waals surface area contributed by atoms with Crippen LogP contribution in [0.5, 0.6) is 0 Å². The van der Waals surface area contributed by atoms with Crippen LogP contribution in [0, 0.1) is 6.92 Å². The number of nitrogens with zero attached hydrogens (tertiary/aromatic N) is 1. The first-order valence-electron chi connectivity index (χ1n) is 10.4. The fourth-order valence-electron chi connectivity index (χ4n) is 3.47. The standard InChI is InChI=1S/C26H32N2S/c1-4-5-9-25(20-28-18-16-27-17-19-28)22(3)29-26(23-10-7-6-8-11-23)24-14-12-21(2)13-15-24/h4-15,26-27H,3,16-20H2,1-2H3/b5-4-,25-9-. The van der Waals surface area contributed by atoms with Crippen molar-refractivity contribution in [2.45, 2.75) is 19.1 Å². The highest BCUT2D eigenvalue weighted by Gasteiger charge is 2.19. The van der Waals surface area contributed by atoms with Gasteiger partial charge >= 0.3 is 0 Å². The second kappa shape index (κ2) is 11.2. The van der Waals surface area contributed by atoms with E-state index in [2.05, 4.69) is 103 Å². The molecule has 1 atom stereocenters. The molecule has 0 bridgehead atoms. The summed E-state index contributed by atoms with van der Waals surface area (Å²) in [5, 5.41) is 3.67. The van der Waals surface area contributed by atoms with E-state index in [0.29, 0.717) is 0 Å². The maximum Gasteiger partial charge on any atom is 0.0593 e. The molecule has 0 spiro atoms. The van der Waals surface area contributed by atoms with Gasteiger partial charge in [-0.2, -0.15) is 0 Å². The third kappa shape index (κ3) is 6.46. The first kappa shape index (κ1) is 21.6. The van der Waals surface area contributed by atoms with Crippen LogP contribution in [0.25, 0.3) is 0 Å². The molecule has 1 N–H and O–H groups in total. The second-order valence-corrected chi connectivity index (χ2v) is 8.69. The molecule has 3 rings (SSSR count). The average Bonchev–Trinajstić information content (AvgIpc) is 2.77. The largest absolute Gasteiger partial charge is 0.314 e. The Bertz CT molecular complexity index is 831. The van der Waals surface area contributed by atoms with Crippen LogP contribution in [-0.4, -0.2) is 37.6 Å². The topological polar surface area (TPSA) is 15.3 Å². The molecule has 1 unspecified atom stereocenters. The summed E-state index contributed by atoms with van der Waals surface area (Å²) in [5.74, 6) is 0. The number of thioether (sulfide) groups is 1. The van der Waals surface area contributed by atoms with Crippen LogP contribution in [0.4, 0.5) is 0 Å². The van der Waals surface area contributed by atoms with E-state index in [4.69, 9.17) is 0 Å². The van der Waals surface area contributed by atoms with E-state index in [9.17, 15) is 0 Å². The summed E-state index contributed by atoms with van der Waals surface area (Å²) in [6.45, 7) is 14.0. The summed E-state index contributed by atoms with van der Waals surface area (Å²) in [5.41, 5.74) is 5.23. The Labute approximate surface area is 180 Å². The summed E-state index contributed by atoms with van der Waals surface area (Å²) in [6, 6.07) is 19.7. The van der Waals surface area contributed by atoms with Gasteiger partial charge < -0.3 is 5.32 Å². The van der Waals surface area contributed by atoms with E-state index in [0.717, 1.165) is 37.6 Å². The predicted molar refractivity (Wildman–Crippen MR) is 128 cm³/mol. The van der Waals surface area contributed by atoms with Crippen molar-refractivity contribution in [2.75, 3.05) is 32.7 Å². The van der Waals surface area contributed by atoms with Gasteiger partial charge in [-0.1, -0.05) is 85.0 Å². The van der Waals surface area contributed by atoms with Crippen LogP contribution in [0.15, 0.2) is 89.9 Å². The number of allylic oxidation sites excluding steroid dienone is 3. The number of hydrogen-bond donors (Lipinski definition) is 1. The number of aryl methyl sites for hydroxylation is 1. The van der Waals surface area contributed by atoms with Gasteiger partial charge in [-0.15, -0.1) is 11.8 Å². The Morgan fingerprint density at radius 1 is 1.07 bits per heavy atom. The molecule has 1 heterocycles. The molecule has 1 fully saturated rings. The van der Waals surface area contributed by atoms with Crippen LogP contribution in [-0.2, 0) is 0 Å². The van der Waals surface area contributed by atoms with Crippen molar-refractivity contribution in [3.05, 3.63) is 107 Å². The van der Waals surface area contributed by atoms with Gasteiger partial charge in [-0.25, -0.2) is 0 Å². The van der Waals surface area contributed by atoms with Gasteiger partial charge in [0.2, 0.25) is 0 Å². The van der Waals surface area contributed by atoms with Crippen LogP contribution in [0.2, 0.25) is 0 Å². The lowest BCUT2D eigenvalue weighted by atomic mass is 10.0. The maximum absolute atomic E-state index is 4.50. The van der Waals surface area contributed by atoms with Gasteiger partial charge in [0.05, 0.1) is 5.25 Å². The molecule has 152 valence electrons. The van der Waals surface area contributed by atoms with Gasteiger partial charge in [-0.05, 0) is 30.5 Å². The fourth-order valence-corrected chi connectivity index (χ4v) is 4.63. The molecule has 2 nitrogen and oxygen atoms in total. The van der Waals surface area contributed by atoms with Crippen LogP contribution >= 0.6 is 11.8 Å². The normalized spacial score (nSPS) is 16.8. The van der Waals surface area contributed by atoms with Crippen LogP contribution in [0.3, 0.4) is 0 Å². The van der Waals surface area contributed by atoms with Crippen LogP contribution in [0.1, 0.15) is 28.9 Å². The average molecular weight is 405 g/mol. The summed E-state index contributed by atoms with van der Waals surface area (Å²) in [7, 11) is 0. The van der Waals surface area contributed by atoms with E-state index in [1.807, 2.05) is 11.8 Å². The first-order chi connectivity index (χ1) is 14.2. The van der Waals surface area contributed by atoms with Crippen molar-refractivity contribution >= 4 is 11.8 Å². The van der Waals surface area contributed by atoms with Crippen molar-refractivity contribution < 1.29 is 0 Å². The highest BCUT2D eigenvalue weighted by molar-refractivity contribution is 8.03. The minimum absolute atomic E-state index is 0.237. The third-order valence-electron chi connectivity index (χ3n) is 5.19. The van der Waals surface area contributed by atoms with Crippen molar-refractivity contribution in [2.24, 2.45) is 0 Å². The Hall–Kier alpha value is -2.07. The molecule has 0 saturated carbocycles. The monoisotopic (exact) mass is 404 g/mol. The lowest BCUT2D eigenvalue weighted by Gasteiger charge is -2.29. The molecule has 0 aliphatic carbocycles. The van der Waals surface area contributed by atoms with E-state index in [1.165, 1.54) is 22.3 Å². The summed E-state index contributed by atoms with van der Waals surface area (Å²) in [6.07, 6.45) is 6.45. The zero-order valence-corrected chi connectivity index (χ0v) is 18.4. The molecule has 0 amide bonds. The maximum atomic E-state index is 4.50. The summed E-state index contributed by atoms with van der Waals surface area (Å²) >= 11 is 1.86. The highest BCUT2D eigenvalue weighted by atomic mass is 32.2. The molecular formula is C26H32N2S. The Balaban J connectivity index is 1.83. The highest BCUT2D eigenvalue weighted by Crippen LogP contribution is 2.42. The molecule has 0 radical (unpaired) electrons. The second-order valence-electron chi connectivity index (χ2n) is 7.49. The molecular weight excluding hydrogens is 372 g/mol. The SMILES string of the molecule is C=C(SC(c1ccccc1)c1ccc(C)cc1)/C(=C\C=C/C)CN1CCNCC1. The third-order valence-corrected chi connectivity index (χ3v) is 6.52. The Morgan fingerprint density at radius 3 is 2.38 bits per heavy atom. The lowest BCUT2D eigenvalue weighted by Crippen LogP contribution is -2.44. The van der Waals surface area contributed by atoms with Crippen molar-refractivity contribution in [1.29, 1.82) is 0 Å². The number of nitrogens with one attached hydrogen (secondary N) is 1. The van der Waals surface area contributed by atoms with Crippen LogP contribution < -0.4 is 5.32 Å². The van der Waals surface area contributed by atoms with E-state index >= 15 is 0 Å². The zero-order chi connectivity index (χ0) is 20.5. The van der Waals surface area contributed by atoms with Gasteiger partial charge in [0.25, 0.3) is 0 Å². The van der Waals surface area contributed by atoms with Gasteiger partial charge in [0.1, 0.15) is 0 Å². The first-order valence-corrected chi connectivity index (χ1v) is 11.3. The molecule has 29 heavy (non-hydrogen) atoms. The summed E-state index contributed by atoms with van der Waals surface area (Å²) in [4.78, 5) is 3.66. The number of benzene rings is 2. The molecule has 3 heteroatoms. The Morgan fingerprint density at radius 2 is 1.72 bits per heavy atom. The van der Waals surface area contributed by atoms with E-state index in [1.54, 1.807) is 0 Å². The minimum Gasteiger partial charge on any atom is -0.314 e. The molecule has 1 aliphatic rings. The number of piperazine rings is 1. The molecule has 1 saturated heterocycles. The Kier molecular flexibility index (Phi) is 8.36. The van der Waals surface area contributed by atoms with Crippen molar-refractivity contribution in [1.82, 2.24) is 10.2 Å². The number of hydrogen-bond acceptors (Lipinski definition) is 3. The van der Waals surface area contributed by atoms with Crippen molar-refractivity contribution in [3.63, 3.8) is 0 Å². The lowest BCUT2D eigenvalue weighted by molar-refractivity contribution is 0.261. The van der Waals surface area contributed by atoms with Gasteiger partial charge in [0, 0.05) is 37.6 Å². The minimum atomic E-state index is 0.237. The van der Waals surface area contributed by atoms with Crippen molar-refractivity contribution in [3.8, 4) is 0 Å². The quantitative estimate of drug-likeness (QED) is 0.565. The van der Waals surface area contributed by atoms with Gasteiger partial charge in [0.15, 0.2) is 0 Å². The molecule has 0 aromatic heterocycles. The smallest absolute Gasteiger partial charge is 0.0593 e. The predicted octanol–water partition coefficient (Wildman–Crippen LogP) is 5.74. The van der Waals surface area contributed by atoms with E-state index in [-0.39, 0.29) is 5.25 Å². The van der Waals surface area contributed by atoms with Gasteiger partial charge in [-0.3, -0.25) is 4.90 Å². The zero-order valence-electron chi connectivity index (χ0n) is 17.6. The molecule has 1 aliphatic heterocycles. The fraction of sp³-hybridized carbons (Fsp3) is 0.308. The van der Waals surface area contributed by atoms with E-state index < -0.39 is 0 Å².